The van der Waals surface area contributed by atoms with Gasteiger partial charge in [-0.2, -0.15) is 9.40 Å². The van der Waals surface area contributed by atoms with Gasteiger partial charge in [0.05, 0.1) is 19.1 Å². The third-order valence-electron chi connectivity index (χ3n) is 7.26. The van der Waals surface area contributed by atoms with Crippen LogP contribution >= 0.6 is 0 Å². The Morgan fingerprint density at radius 1 is 1.10 bits per heavy atom. The fourth-order valence-corrected chi connectivity index (χ4v) is 5.60. The van der Waals surface area contributed by atoms with Gasteiger partial charge >= 0.3 is 0 Å². The number of hydrogen-bond acceptors (Lipinski definition) is 8. The zero-order valence-corrected chi connectivity index (χ0v) is 24.2. The monoisotopic (exact) mass is 582 g/mol. The molecule has 2 aliphatic rings. The largest absolute Gasteiger partial charge is 0.493 e. The number of rotatable bonds is 10. The Kier molecular flexibility index (Phi) is 8.27. The minimum atomic E-state index is -3.27. The first-order valence-electron chi connectivity index (χ1n) is 13.4. The standard InChI is InChI=1S/C28H34N6O6S/c1-32-24(15-23(31-32)20-8-9-20)27(35)30-17-21-5-4-6-25(26(21)39-2)40-18-19-7-10-22(29-16-19)28(36)33-11-13-34(14-12-33)41(3,37)38/h4-7,10,15-16,20H,8-9,11-14,17-18H2,1-3H3,(H,30,35). The summed E-state index contributed by atoms with van der Waals surface area (Å²) in [6.45, 7) is 1.62. The maximum Gasteiger partial charge on any atom is 0.272 e. The predicted octanol–water partition coefficient (Wildman–Crippen LogP) is 1.93. The fraction of sp³-hybridized carbons (Fsp3) is 0.429. The number of ether oxygens (including phenoxy) is 2. The SMILES string of the molecule is COc1c(CNC(=O)c2cc(C3CC3)nn2C)cccc1OCc1ccc(C(=O)N2CCN(S(C)(=O)=O)CC2)nc1. The van der Waals surface area contributed by atoms with E-state index in [4.69, 9.17) is 9.47 Å². The van der Waals surface area contributed by atoms with Crippen molar-refractivity contribution in [3.05, 3.63) is 70.8 Å². The number of aryl methyl sites for hydroxylation is 1. The van der Waals surface area contributed by atoms with Gasteiger partial charge in [-0.15, -0.1) is 0 Å². The van der Waals surface area contributed by atoms with Crippen molar-refractivity contribution in [3.63, 3.8) is 0 Å². The normalized spacial score (nSPS) is 15.9. The van der Waals surface area contributed by atoms with Crippen molar-refractivity contribution in [2.45, 2.75) is 31.9 Å². The minimum absolute atomic E-state index is 0.194. The number of amides is 2. The van der Waals surface area contributed by atoms with Gasteiger partial charge in [-0.1, -0.05) is 18.2 Å². The molecule has 0 spiro atoms. The van der Waals surface area contributed by atoms with E-state index in [0.29, 0.717) is 36.2 Å². The summed E-state index contributed by atoms with van der Waals surface area (Å²) in [5.74, 6) is 1.05. The van der Waals surface area contributed by atoms with Gasteiger partial charge in [-0.25, -0.2) is 8.42 Å². The van der Waals surface area contributed by atoms with Gasteiger partial charge in [0.2, 0.25) is 10.0 Å². The zero-order chi connectivity index (χ0) is 29.1. The average molecular weight is 583 g/mol. The summed E-state index contributed by atoms with van der Waals surface area (Å²) < 4.78 is 38.0. The minimum Gasteiger partial charge on any atom is -0.493 e. The van der Waals surface area contributed by atoms with E-state index in [-0.39, 0.29) is 43.7 Å². The van der Waals surface area contributed by atoms with E-state index in [0.717, 1.165) is 29.7 Å². The lowest BCUT2D eigenvalue weighted by Crippen LogP contribution is -2.50. The summed E-state index contributed by atoms with van der Waals surface area (Å²) in [4.78, 5) is 31.6. The first-order valence-corrected chi connectivity index (χ1v) is 15.3. The molecule has 1 aliphatic carbocycles. The maximum atomic E-state index is 12.8. The van der Waals surface area contributed by atoms with Crippen molar-refractivity contribution in [2.24, 2.45) is 7.05 Å². The van der Waals surface area contributed by atoms with E-state index in [1.165, 1.54) is 10.6 Å². The van der Waals surface area contributed by atoms with Crippen LogP contribution in [0.25, 0.3) is 0 Å². The summed E-state index contributed by atoms with van der Waals surface area (Å²) in [7, 11) is 0.0553. The van der Waals surface area contributed by atoms with Gasteiger partial charge in [-0.3, -0.25) is 19.3 Å². The third kappa shape index (κ3) is 6.68. The quantitative estimate of drug-likeness (QED) is 0.383. The summed E-state index contributed by atoms with van der Waals surface area (Å²) in [6.07, 6.45) is 4.99. The first-order chi connectivity index (χ1) is 19.6. The molecule has 1 aliphatic heterocycles. The van der Waals surface area contributed by atoms with Crippen molar-refractivity contribution in [3.8, 4) is 11.5 Å². The van der Waals surface area contributed by atoms with Crippen LogP contribution in [0.3, 0.4) is 0 Å². The van der Waals surface area contributed by atoms with Crippen LogP contribution in [0, 0.1) is 0 Å². The van der Waals surface area contributed by atoms with Crippen LogP contribution in [0.1, 0.15) is 56.6 Å². The van der Waals surface area contributed by atoms with E-state index in [9.17, 15) is 18.0 Å². The van der Waals surface area contributed by atoms with Crippen molar-refractivity contribution >= 4 is 21.8 Å². The molecular formula is C28H34N6O6S. The Morgan fingerprint density at radius 3 is 2.49 bits per heavy atom. The molecule has 12 nitrogen and oxygen atoms in total. The molecule has 3 heterocycles. The number of benzene rings is 1. The maximum absolute atomic E-state index is 12.8. The Bertz CT molecular complexity index is 1530. The number of para-hydroxylation sites is 1. The van der Waals surface area contributed by atoms with Gasteiger partial charge in [-0.05, 0) is 31.0 Å². The molecule has 0 radical (unpaired) electrons. The predicted molar refractivity (Wildman–Crippen MR) is 150 cm³/mol. The Hall–Kier alpha value is -3.97. The number of carbonyl (C=O) groups excluding carboxylic acids is 2. The molecule has 218 valence electrons. The first kappa shape index (κ1) is 28.6. The molecule has 0 unspecified atom stereocenters. The highest BCUT2D eigenvalue weighted by molar-refractivity contribution is 7.88. The molecule has 1 saturated carbocycles. The molecule has 1 N–H and O–H groups in total. The van der Waals surface area contributed by atoms with Crippen LogP contribution in [-0.2, 0) is 30.2 Å². The van der Waals surface area contributed by atoms with E-state index in [1.54, 1.807) is 48.1 Å². The van der Waals surface area contributed by atoms with Crippen LogP contribution in [0.5, 0.6) is 11.5 Å². The van der Waals surface area contributed by atoms with Crippen LogP contribution < -0.4 is 14.8 Å². The van der Waals surface area contributed by atoms with Crippen molar-refractivity contribution in [1.29, 1.82) is 0 Å². The lowest BCUT2D eigenvalue weighted by molar-refractivity contribution is 0.0692. The van der Waals surface area contributed by atoms with Crippen LogP contribution in [-0.4, -0.2) is 83.7 Å². The van der Waals surface area contributed by atoms with Crippen LogP contribution in [0.2, 0.25) is 0 Å². The molecule has 0 atom stereocenters. The van der Waals surface area contributed by atoms with Gasteiger partial charge in [0.1, 0.15) is 18.0 Å². The molecule has 3 aromatic rings. The molecule has 2 amide bonds. The summed E-state index contributed by atoms with van der Waals surface area (Å²) in [6, 6.07) is 10.7. The number of pyridine rings is 1. The Morgan fingerprint density at radius 2 is 1.85 bits per heavy atom. The smallest absolute Gasteiger partial charge is 0.272 e. The van der Waals surface area contributed by atoms with Gasteiger partial charge < -0.3 is 19.7 Å². The van der Waals surface area contributed by atoms with E-state index in [1.807, 2.05) is 18.2 Å². The molecule has 13 heteroatoms. The highest BCUT2D eigenvalue weighted by Crippen LogP contribution is 2.39. The molecule has 1 aromatic carbocycles. The van der Waals surface area contributed by atoms with Crippen LogP contribution in [0.4, 0.5) is 0 Å². The van der Waals surface area contributed by atoms with E-state index >= 15 is 0 Å². The number of nitrogens with one attached hydrogen (secondary N) is 1. The highest BCUT2D eigenvalue weighted by Gasteiger charge is 2.29. The van der Waals surface area contributed by atoms with E-state index < -0.39 is 10.0 Å². The van der Waals surface area contributed by atoms with Crippen molar-refractivity contribution in [1.82, 2.24) is 29.3 Å². The summed E-state index contributed by atoms with van der Waals surface area (Å²) >= 11 is 0. The average Bonchev–Trinajstić information content (AvgIpc) is 3.75. The number of hydrogen-bond donors (Lipinski definition) is 1. The Labute approximate surface area is 239 Å². The second-order valence-corrected chi connectivity index (χ2v) is 12.3. The molecule has 41 heavy (non-hydrogen) atoms. The van der Waals surface area contributed by atoms with Gasteiger partial charge in [0, 0.05) is 63.0 Å². The lowest BCUT2D eigenvalue weighted by atomic mass is 10.1. The van der Waals surface area contributed by atoms with Gasteiger partial charge in [0.15, 0.2) is 11.5 Å². The van der Waals surface area contributed by atoms with E-state index in [2.05, 4.69) is 15.4 Å². The van der Waals surface area contributed by atoms with Crippen molar-refractivity contribution in [2.75, 3.05) is 39.5 Å². The molecule has 2 fully saturated rings. The molecule has 1 saturated heterocycles. The summed E-state index contributed by atoms with van der Waals surface area (Å²) in [5.41, 5.74) is 3.29. The number of methoxy groups -OCH3 is 1. The molecule has 5 rings (SSSR count). The Balaban J connectivity index is 1.17. The zero-order valence-electron chi connectivity index (χ0n) is 23.4. The lowest BCUT2D eigenvalue weighted by Gasteiger charge is -2.33. The summed E-state index contributed by atoms with van der Waals surface area (Å²) in [5, 5.41) is 7.41. The van der Waals surface area contributed by atoms with Gasteiger partial charge in [0.25, 0.3) is 11.8 Å². The number of piperazine rings is 1. The number of nitrogens with zero attached hydrogens (tertiary/aromatic N) is 5. The highest BCUT2D eigenvalue weighted by atomic mass is 32.2. The third-order valence-corrected chi connectivity index (χ3v) is 8.57. The van der Waals surface area contributed by atoms with Crippen LogP contribution in [0.15, 0.2) is 42.6 Å². The van der Waals surface area contributed by atoms with Crippen molar-refractivity contribution < 1.29 is 27.5 Å². The number of aromatic nitrogens is 3. The number of sulfonamides is 1. The number of carbonyl (C=O) groups is 2. The fourth-order valence-electron chi connectivity index (χ4n) is 4.77. The topological polar surface area (TPSA) is 136 Å². The second kappa shape index (κ2) is 11.9. The molecular weight excluding hydrogens is 548 g/mol. The molecule has 0 bridgehead atoms. The molecule has 2 aromatic heterocycles. The second-order valence-electron chi connectivity index (χ2n) is 10.3.